The highest BCUT2D eigenvalue weighted by molar-refractivity contribution is 5.92. The van der Waals surface area contributed by atoms with Crippen molar-refractivity contribution < 1.29 is 23.6 Å². The highest BCUT2D eigenvalue weighted by atomic mass is 19.1. The highest BCUT2D eigenvalue weighted by Gasteiger charge is 2.21. The Morgan fingerprint density at radius 2 is 1.83 bits per heavy atom. The lowest BCUT2D eigenvalue weighted by Crippen LogP contribution is -2.21. The van der Waals surface area contributed by atoms with Crippen LogP contribution in [0.2, 0.25) is 0 Å². The van der Waals surface area contributed by atoms with Gasteiger partial charge in [0.1, 0.15) is 11.6 Å². The molecule has 0 aliphatic heterocycles. The van der Waals surface area contributed by atoms with Crippen LogP contribution >= 0.6 is 0 Å². The second kappa shape index (κ2) is 14.0. The van der Waals surface area contributed by atoms with Gasteiger partial charge in [-0.1, -0.05) is 32.0 Å². The number of amides is 1. The van der Waals surface area contributed by atoms with Crippen molar-refractivity contribution in [2.24, 2.45) is 5.10 Å². The standard InChI is InChI=1S/C35H32FN5O6/c1-5-46-31-17-22(4)28(18-27(31)21(2)3)34-39-29-11-7-6-10-26(29)35(43)40(34)37-19-23-9-8-12-30(41(44)45)33(23)47-20-32(42)38-25-15-13-24(36)14-16-25/h6-19,21H,5,20H2,1-4H3,(H,38,42). The lowest BCUT2D eigenvalue weighted by molar-refractivity contribution is -0.385. The average molecular weight is 638 g/mol. The summed E-state index contributed by atoms with van der Waals surface area (Å²) in [5.74, 6) is -0.211. The van der Waals surface area contributed by atoms with Gasteiger partial charge < -0.3 is 14.8 Å². The second-order valence-corrected chi connectivity index (χ2v) is 10.9. The Balaban J connectivity index is 1.59. The molecule has 0 saturated heterocycles. The molecule has 1 heterocycles. The molecule has 0 bridgehead atoms. The molecule has 1 aromatic heterocycles. The maximum absolute atomic E-state index is 13.9. The first-order valence-electron chi connectivity index (χ1n) is 14.9. The van der Waals surface area contributed by atoms with Crippen molar-refractivity contribution in [1.82, 2.24) is 9.66 Å². The number of nitro groups is 1. The minimum Gasteiger partial charge on any atom is -0.494 e. The summed E-state index contributed by atoms with van der Waals surface area (Å²) in [7, 11) is 0. The number of para-hydroxylation sites is 2. The topological polar surface area (TPSA) is 138 Å². The number of carbonyl (C=O) groups excluding carboxylic acids is 1. The molecular weight excluding hydrogens is 605 g/mol. The van der Waals surface area contributed by atoms with Crippen molar-refractivity contribution in [3.8, 4) is 22.9 Å². The van der Waals surface area contributed by atoms with Crippen LogP contribution in [0.1, 0.15) is 43.4 Å². The van der Waals surface area contributed by atoms with Crippen molar-refractivity contribution in [1.29, 1.82) is 0 Å². The first kappa shape index (κ1) is 32.5. The van der Waals surface area contributed by atoms with Crippen LogP contribution in [0, 0.1) is 22.9 Å². The number of aromatic nitrogens is 2. The van der Waals surface area contributed by atoms with Crippen LogP contribution in [0.4, 0.5) is 15.8 Å². The number of ether oxygens (including phenoxy) is 2. The number of aryl methyl sites for hydroxylation is 1. The van der Waals surface area contributed by atoms with E-state index >= 15 is 0 Å². The van der Waals surface area contributed by atoms with Gasteiger partial charge in [0.05, 0.1) is 28.6 Å². The quantitative estimate of drug-likeness (QED) is 0.0951. The molecule has 4 aromatic carbocycles. The van der Waals surface area contributed by atoms with Crippen LogP contribution in [-0.2, 0) is 4.79 Å². The van der Waals surface area contributed by atoms with E-state index in [1.807, 2.05) is 39.8 Å². The molecule has 0 aliphatic rings. The molecule has 5 aromatic rings. The van der Waals surface area contributed by atoms with Gasteiger partial charge in [0.15, 0.2) is 12.4 Å². The summed E-state index contributed by atoms with van der Waals surface area (Å²) in [6, 6.07) is 20.1. The van der Waals surface area contributed by atoms with Gasteiger partial charge >= 0.3 is 5.69 Å². The molecule has 0 atom stereocenters. The number of carbonyl (C=O) groups is 1. The van der Waals surface area contributed by atoms with E-state index < -0.39 is 34.5 Å². The molecule has 11 nitrogen and oxygen atoms in total. The first-order chi connectivity index (χ1) is 22.6. The summed E-state index contributed by atoms with van der Waals surface area (Å²) in [5.41, 5.74) is 2.48. The van der Waals surface area contributed by atoms with E-state index in [4.69, 9.17) is 14.5 Å². The Bertz CT molecular complexity index is 2060. The lowest BCUT2D eigenvalue weighted by Gasteiger charge is -2.18. The number of nitro benzene ring substituents is 1. The zero-order chi connectivity index (χ0) is 33.7. The van der Waals surface area contributed by atoms with Gasteiger partial charge in [0, 0.05) is 22.9 Å². The predicted octanol–water partition coefficient (Wildman–Crippen LogP) is 6.84. The maximum Gasteiger partial charge on any atom is 0.311 e. The summed E-state index contributed by atoms with van der Waals surface area (Å²) >= 11 is 0. The van der Waals surface area contributed by atoms with Crippen LogP contribution in [0.15, 0.2) is 88.8 Å². The molecule has 0 saturated carbocycles. The summed E-state index contributed by atoms with van der Waals surface area (Å²) in [6.07, 6.45) is 1.26. The van der Waals surface area contributed by atoms with E-state index in [1.54, 1.807) is 24.3 Å². The zero-order valence-electron chi connectivity index (χ0n) is 26.2. The number of halogens is 1. The van der Waals surface area contributed by atoms with Crippen LogP contribution in [0.3, 0.4) is 0 Å². The van der Waals surface area contributed by atoms with E-state index in [0.717, 1.165) is 21.6 Å². The molecule has 1 N–H and O–H groups in total. The third-order valence-corrected chi connectivity index (χ3v) is 7.28. The van der Waals surface area contributed by atoms with Gasteiger partial charge in [0.25, 0.3) is 11.5 Å². The molecule has 12 heteroatoms. The van der Waals surface area contributed by atoms with E-state index in [9.17, 15) is 24.1 Å². The van der Waals surface area contributed by atoms with Gasteiger partial charge in [-0.05, 0) is 85.5 Å². The summed E-state index contributed by atoms with van der Waals surface area (Å²) in [6.45, 7) is 7.79. The lowest BCUT2D eigenvalue weighted by atomic mass is 9.96. The van der Waals surface area contributed by atoms with Crippen LogP contribution in [0.25, 0.3) is 22.3 Å². The number of hydrogen-bond acceptors (Lipinski definition) is 8. The van der Waals surface area contributed by atoms with E-state index in [1.165, 1.54) is 48.7 Å². The predicted molar refractivity (Wildman–Crippen MR) is 178 cm³/mol. The fraction of sp³-hybridized carbons (Fsp3) is 0.200. The molecule has 0 fully saturated rings. The van der Waals surface area contributed by atoms with Crippen LogP contribution < -0.4 is 20.3 Å². The van der Waals surface area contributed by atoms with E-state index in [-0.39, 0.29) is 23.1 Å². The fourth-order valence-corrected chi connectivity index (χ4v) is 5.01. The minimum atomic E-state index is -0.642. The normalized spacial score (nSPS) is 11.3. The Hall–Kier alpha value is -5.91. The van der Waals surface area contributed by atoms with Gasteiger partial charge in [-0.25, -0.2) is 9.37 Å². The first-order valence-corrected chi connectivity index (χ1v) is 14.9. The smallest absolute Gasteiger partial charge is 0.311 e. The van der Waals surface area contributed by atoms with Gasteiger partial charge in [-0.15, -0.1) is 0 Å². The zero-order valence-corrected chi connectivity index (χ0v) is 26.2. The van der Waals surface area contributed by atoms with Crippen molar-refractivity contribution in [2.45, 2.75) is 33.6 Å². The Labute approximate surface area is 269 Å². The highest BCUT2D eigenvalue weighted by Crippen LogP contribution is 2.35. The number of nitrogens with zero attached hydrogens (tertiary/aromatic N) is 4. The molecule has 5 rings (SSSR count). The third kappa shape index (κ3) is 7.17. The van der Waals surface area contributed by atoms with Crippen molar-refractivity contribution in [3.05, 3.63) is 122 Å². The van der Waals surface area contributed by atoms with Crippen molar-refractivity contribution in [2.75, 3.05) is 18.5 Å². The molecule has 240 valence electrons. The third-order valence-electron chi connectivity index (χ3n) is 7.28. The fourth-order valence-electron chi connectivity index (χ4n) is 5.01. The van der Waals surface area contributed by atoms with Gasteiger partial charge in [-0.2, -0.15) is 9.78 Å². The van der Waals surface area contributed by atoms with Gasteiger partial charge in [-0.3, -0.25) is 19.7 Å². The Kier molecular flexibility index (Phi) is 9.69. The molecular formula is C35H32FN5O6. The number of hydrogen-bond donors (Lipinski definition) is 1. The largest absolute Gasteiger partial charge is 0.494 e. The Morgan fingerprint density at radius 3 is 2.53 bits per heavy atom. The summed E-state index contributed by atoms with van der Waals surface area (Å²) in [4.78, 5) is 42.6. The van der Waals surface area contributed by atoms with E-state index in [0.29, 0.717) is 28.8 Å². The second-order valence-electron chi connectivity index (χ2n) is 10.9. The van der Waals surface area contributed by atoms with Crippen molar-refractivity contribution in [3.63, 3.8) is 0 Å². The average Bonchev–Trinajstić information content (AvgIpc) is 3.04. The molecule has 1 amide bonds. The summed E-state index contributed by atoms with van der Waals surface area (Å²) in [5, 5.41) is 19.3. The number of rotatable bonds is 11. The number of fused-ring (bicyclic) bond motifs is 1. The number of nitrogens with one attached hydrogen (secondary N) is 1. The molecule has 47 heavy (non-hydrogen) atoms. The molecule has 0 unspecified atom stereocenters. The molecule has 0 radical (unpaired) electrons. The van der Waals surface area contributed by atoms with Crippen LogP contribution in [-0.4, -0.2) is 39.9 Å². The minimum absolute atomic E-state index is 0.102. The molecule has 0 spiro atoms. The SMILES string of the molecule is CCOc1cc(C)c(-c2nc3ccccc3c(=O)n2N=Cc2cccc([N+](=O)[O-])c2OCC(=O)Nc2ccc(F)cc2)cc1C(C)C. The van der Waals surface area contributed by atoms with Crippen LogP contribution in [0.5, 0.6) is 11.5 Å². The molecule has 0 aliphatic carbocycles. The maximum atomic E-state index is 13.9. The monoisotopic (exact) mass is 637 g/mol. The van der Waals surface area contributed by atoms with Gasteiger partial charge in [0.2, 0.25) is 5.75 Å². The Morgan fingerprint density at radius 1 is 1.09 bits per heavy atom. The van der Waals surface area contributed by atoms with E-state index in [2.05, 4.69) is 10.4 Å². The number of anilines is 1. The summed E-state index contributed by atoms with van der Waals surface area (Å²) < 4.78 is 25.9. The number of benzene rings is 4. The van der Waals surface area contributed by atoms with Crippen molar-refractivity contribution >= 4 is 34.4 Å².